The zero-order chi connectivity index (χ0) is 19.6. The second-order valence-electron chi connectivity index (χ2n) is 8.33. The third-order valence-electron chi connectivity index (χ3n) is 5.78. The van der Waals surface area contributed by atoms with Gasteiger partial charge in [-0.1, -0.05) is 34.6 Å². The van der Waals surface area contributed by atoms with Gasteiger partial charge in [0, 0.05) is 0 Å². The lowest BCUT2D eigenvalue weighted by molar-refractivity contribution is -0.156. The zero-order valence-corrected chi connectivity index (χ0v) is 18.3. The molecule has 0 radical (unpaired) electrons. The molecule has 0 aromatic carbocycles. The molecular formula is C18H36N2O4Si. The number of carbonyl (C=O) groups is 2. The number of nitrogens with zero attached hydrogens (tertiary/aromatic N) is 1. The maximum atomic E-state index is 12.4. The van der Waals surface area contributed by atoms with Crippen LogP contribution in [0.2, 0.25) is 18.1 Å². The molecule has 1 rings (SSSR count). The summed E-state index contributed by atoms with van der Waals surface area (Å²) >= 11 is 0. The van der Waals surface area contributed by atoms with Crippen molar-refractivity contribution in [1.29, 1.82) is 0 Å². The van der Waals surface area contributed by atoms with Crippen molar-refractivity contribution in [2.24, 2.45) is 5.92 Å². The van der Waals surface area contributed by atoms with Crippen LogP contribution in [0.1, 0.15) is 41.5 Å². The first-order valence-corrected chi connectivity index (χ1v) is 12.1. The summed E-state index contributed by atoms with van der Waals surface area (Å²) in [5.74, 6) is -0.686. The molecule has 1 aliphatic heterocycles. The Kier molecular flexibility index (Phi) is 7.24. The van der Waals surface area contributed by atoms with Crippen LogP contribution in [-0.2, 0) is 18.8 Å². The van der Waals surface area contributed by atoms with Crippen molar-refractivity contribution in [3.05, 3.63) is 0 Å². The smallest absolute Gasteiger partial charge is 0.325 e. The van der Waals surface area contributed by atoms with Crippen LogP contribution < -0.4 is 5.32 Å². The summed E-state index contributed by atoms with van der Waals surface area (Å²) in [6, 6.07) is -0.757. The highest BCUT2D eigenvalue weighted by Crippen LogP contribution is 2.39. The van der Waals surface area contributed by atoms with Gasteiger partial charge in [-0.3, -0.25) is 14.5 Å². The predicted molar refractivity (Wildman–Crippen MR) is 102 cm³/mol. The molecule has 0 aromatic rings. The largest absolute Gasteiger partial charge is 0.468 e. The number of rotatable bonds is 8. The lowest BCUT2D eigenvalue weighted by Gasteiger charge is -2.48. The molecule has 0 aromatic heterocycles. The van der Waals surface area contributed by atoms with E-state index in [1.54, 1.807) is 0 Å². The molecule has 1 amide bonds. The van der Waals surface area contributed by atoms with Gasteiger partial charge in [-0.05, 0) is 38.1 Å². The fourth-order valence-corrected chi connectivity index (χ4v) is 4.60. The van der Waals surface area contributed by atoms with Gasteiger partial charge in [-0.15, -0.1) is 0 Å². The van der Waals surface area contributed by atoms with Crippen molar-refractivity contribution in [2.75, 3.05) is 20.2 Å². The van der Waals surface area contributed by atoms with Crippen LogP contribution in [-0.4, -0.2) is 63.5 Å². The molecule has 1 heterocycles. The predicted octanol–water partition coefficient (Wildman–Crippen LogP) is 2.39. The highest BCUT2D eigenvalue weighted by atomic mass is 28.4. The maximum Gasteiger partial charge on any atom is 0.325 e. The second kappa shape index (κ2) is 8.18. The van der Waals surface area contributed by atoms with Crippen LogP contribution in [0.5, 0.6) is 0 Å². The Bertz CT molecular complexity index is 486. The summed E-state index contributed by atoms with van der Waals surface area (Å²) in [5.41, 5.74) is 0. The average Bonchev–Trinajstić information content (AvgIpc) is 2.48. The topological polar surface area (TPSA) is 67.9 Å². The van der Waals surface area contributed by atoms with Gasteiger partial charge in [0.2, 0.25) is 5.91 Å². The van der Waals surface area contributed by atoms with Crippen LogP contribution in [0.25, 0.3) is 0 Å². The molecule has 1 aliphatic rings. The summed E-state index contributed by atoms with van der Waals surface area (Å²) in [6.45, 7) is 18.3. The molecule has 1 fully saturated rings. The minimum Gasteiger partial charge on any atom is -0.468 e. The number of carbonyl (C=O) groups excluding carboxylic acids is 2. The van der Waals surface area contributed by atoms with E-state index in [0.29, 0.717) is 13.1 Å². The fraction of sp³-hybridized carbons (Fsp3) is 0.889. The van der Waals surface area contributed by atoms with Gasteiger partial charge < -0.3 is 14.5 Å². The molecular weight excluding hydrogens is 336 g/mol. The number of likely N-dealkylation sites (N-methyl/N-ethyl adjacent to an activating group) is 1. The van der Waals surface area contributed by atoms with Crippen LogP contribution >= 0.6 is 0 Å². The zero-order valence-electron chi connectivity index (χ0n) is 17.3. The van der Waals surface area contributed by atoms with Gasteiger partial charge in [-0.25, -0.2) is 0 Å². The molecule has 1 N–H and O–H groups in total. The minimum atomic E-state index is -2.00. The second-order valence-corrected chi connectivity index (χ2v) is 13.1. The third kappa shape index (κ3) is 4.63. The van der Waals surface area contributed by atoms with Crippen molar-refractivity contribution in [2.45, 2.75) is 77.9 Å². The van der Waals surface area contributed by atoms with Crippen LogP contribution in [0, 0.1) is 5.92 Å². The Morgan fingerprint density at radius 1 is 1.28 bits per heavy atom. The Morgan fingerprint density at radius 3 is 2.16 bits per heavy atom. The highest BCUT2D eigenvalue weighted by Gasteiger charge is 2.53. The summed E-state index contributed by atoms with van der Waals surface area (Å²) in [6.07, 6.45) is -0.234. The minimum absolute atomic E-state index is 0.0442. The van der Waals surface area contributed by atoms with E-state index in [9.17, 15) is 9.59 Å². The molecule has 25 heavy (non-hydrogen) atoms. The first-order valence-electron chi connectivity index (χ1n) is 9.21. The molecule has 7 heteroatoms. The van der Waals surface area contributed by atoms with Crippen molar-refractivity contribution >= 4 is 20.2 Å². The number of hydrogen-bond acceptors (Lipinski definition) is 5. The number of nitrogens with one attached hydrogen (secondary N) is 1. The molecule has 0 bridgehead atoms. The number of amides is 1. The first kappa shape index (κ1) is 22.1. The normalized spacial score (nSPS) is 23.7. The molecule has 0 aliphatic carbocycles. The van der Waals surface area contributed by atoms with Gasteiger partial charge in [-0.2, -0.15) is 0 Å². The summed E-state index contributed by atoms with van der Waals surface area (Å²) in [7, 11) is -0.603. The summed E-state index contributed by atoms with van der Waals surface area (Å²) < 4.78 is 11.4. The van der Waals surface area contributed by atoms with Crippen molar-refractivity contribution in [1.82, 2.24) is 10.2 Å². The molecule has 0 spiro atoms. The Labute approximate surface area is 153 Å². The van der Waals surface area contributed by atoms with Crippen molar-refractivity contribution in [3.63, 3.8) is 0 Å². The van der Waals surface area contributed by atoms with E-state index in [2.05, 4.69) is 39.2 Å². The van der Waals surface area contributed by atoms with E-state index >= 15 is 0 Å². The van der Waals surface area contributed by atoms with E-state index in [1.807, 2.05) is 25.7 Å². The van der Waals surface area contributed by atoms with E-state index in [1.165, 1.54) is 7.11 Å². The molecule has 146 valence electrons. The van der Waals surface area contributed by atoms with Gasteiger partial charge in [0.05, 0.1) is 25.2 Å². The van der Waals surface area contributed by atoms with E-state index in [-0.39, 0.29) is 35.0 Å². The Hall–Kier alpha value is -0.923. The summed E-state index contributed by atoms with van der Waals surface area (Å²) in [4.78, 5) is 26.7. The quantitative estimate of drug-likeness (QED) is 0.402. The average molecular weight is 373 g/mol. The Morgan fingerprint density at radius 2 is 1.80 bits per heavy atom. The van der Waals surface area contributed by atoms with Crippen LogP contribution in [0.15, 0.2) is 0 Å². The van der Waals surface area contributed by atoms with Crippen LogP contribution in [0.3, 0.4) is 0 Å². The van der Waals surface area contributed by atoms with Crippen LogP contribution in [0.4, 0.5) is 0 Å². The number of hydrogen-bond donors (Lipinski definition) is 1. The molecule has 0 saturated carbocycles. The maximum absolute atomic E-state index is 12.4. The van der Waals surface area contributed by atoms with Crippen molar-refractivity contribution in [3.8, 4) is 0 Å². The number of ether oxygens (including phenoxy) is 1. The molecule has 6 nitrogen and oxygen atoms in total. The third-order valence-corrected chi connectivity index (χ3v) is 10.4. The van der Waals surface area contributed by atoms with Crippen molar-refractivity contribution < 1.29 is 18.8 Å². The number of β-lactam (4-membered cyclic amide) rings is 1. The Balaban J connectivity index is 3.01. The lowest BCUT2D eigenvalue weighted by Crippen LogP contribution is -2.72. The van der Waals surface area contributed by atoms with E-state index < -0.39 is 14.4 Å². The number of esters is 1. The molecule has 1 saturated heterocycles. The fourth-order valence-electron chi connectivity index (χ4n) is 3.17. The van der Waals surface area contributed by atoms with Gasteiger partial charge in [0.25, 0.3) is 0 Å². The first-order chi connectivity index (χ1) is 11.4. The van der Waals surface area contributed by atoms with E-state index in [0.717, 1.165) is 0 Å². The standard InChI is InChI=1S/C18H36N2O4Si/c1-10-20(11-2)15(17(22)23-7)14-13(16(21)19-14)12(3)24-25(8,9)18(4,5)6/h12-15H,10-11H2,1-9H3,(H,19,21)/t12-,13-,14+,15?/m1/s1. The highest BCUT2D eigenvalue weighted by molar-refractivity contribution is 6.74. The van der Waals surface area contributed by atoms with Gasteiger partial charge >= 0.3 is 5.97 Å². The molecule has 1 unspecified atom stereocenters. The van der Waals surface area contributed by atoms with Gasteiger partial charge in [0.15, 0.2) is 8.32 Å². The van der Waals surface area contributed by atoms with Gasteiger partial charge in [0.1, 0.15) is 6.04 Å². The van der Waals surface area contributed by atoms with E-state index in [4.69, 9.17) is 9.16 Å². The number of methoxy groups -OCH3 is 1. The monoisotopic (exact) mass is 372 g/mol. The summed E-state index contributed by atoms with van der Waals surface area (Å²) in [5, 5.41) is 2.98. The lowest BCUT2D eigenvalue weighted by atomic mass is 9.81. The molecule has 4 atom stereocenters. The SMILES string of the molecule is CCN(CC)C(C(=O)OC)[C@H]1NC(=O)[C@@H]1[C@@H](C)O[Si](C)(C)C(C)(C)C.